The van der Waals surface area contributed by atoms with Gasteiger partial charge in [0.15, 0.2) is 0 Å². The maximum Gasteiger partial charge on any atom is 0.267 e. The molecule has 1 aliphatic heterocycles. The summed E-state index contributed by atoms with van der Waals surface area (Å²) in [6, 6.07) is 15.5. The molecule has 0 aromatic heterocycles. The van der Waals surface area contributed by atoms with Gasteiger partial charge in [0.2, 0.25) is 5.91 Å². The van der Waals surface area contributed by atoms with Crippen molar-refractivity contribution in [1.82, 2.24) is 15.9 Å². The third-order valence-corrected chi connectivity index (χ3v) is 6.07. The largest absolute Gasteiger partial charge is 0.299 e. The van der Waals surface area contributed by atoms with Gasteiger partial charge < -0.3 is 0 Å². The molecule has 4 N–H and O–H groups in total. The van der Waals surface area contributed by atoms with E-state index in [1.807, 2.05) is 48.5 Å². The molecule has 164 valence electrons. The number of likely N-dealkylation sites (tertiary alicyclic amines) is 1. The first-order valence-corrected chi connectivity index (χ1v) is 10.4. The quantitative estimate of drug-likeness (QED) is 0.299. The summed E-state index contributed by atoms with van der Waals surface area (Å²) >= 11 is 6.03. The molecule has 0 unspecified atom stereocenters. The van der Waals surface area contributed by atoms with Crippen molar-refractivity contribution in [2.24, 2.45) is 0 Å². The molecule has 0 spiro atoms. The molecule has 7 nitrogen and oxygen atoms in total. The molecule has 2 aromatic rings. The van der Waals surface area contributed by atoms with E-state index in [-0.39, 0.29) is 17.7 Å². The van der Waals surface area contributed by atoms with Gasteiger partial charge in [-0.1, -0.05) is 48.0 Å². The molecule has 1 heterocycles. The lowest BCUT2D eigenvalue weighted by atomic mass is 9.70. The summed E-state index contributed by atoms with van der Waals surface area (Å²) in [4.78, 5) is 25.4. The molecule has 31 heavy (non-hydrogen) atoms. The van der Waals surface area contributed by atoms with Crippen LogP contribution < -0.4 is 11.0 Å². The van der Waals surface area contributed by atoms with E-state index in [2.05, 4.69) is 4.90 Å². The zero-order valence-electron chi connectivity index (χ0n) is 17.1. The number of hydroxylamine groups is 2. The molecular formula is C23H26ClN3O4. The maximum atomic E-state index is 12.0. The first kappa shape index (κ1) is 23.0. The number of hydrogen-bond donors (Lipinski definition) is 4. The van der Waals surface area contributed by atoms with Crippen LogP contribution in [0, 0.1) is 0 Å². The first-order valence-electron chi connectivity index (χ1n) is 10.1. The van der Waals surface area contributed by atoms with Crippen LogP contribution >= 0.6 is 11.6 Å². The Morgan fingerprint density at radius 2 is 1.65 bits per heavy atom. The molecule has 2 amide bonds. The smallest absolute Gasteiger partial charge is 0.267 e. The van der Waals surface area contributed by atoms with Gasteiger partial charge in [0, 0.05) is 29.5 Å². The standard InChI is InChI=1S/C23H26ClN3O4/c24-20-8-6-19(7-9-20)23(15-22(29)26-31)11-13-27(14-12-23)16-18-3-1-17(2-4-18)5-10-21(28)25-30/h1-10,30-31H,11-16H2,(H,25,28)(H,26,29). The van der Waals surface area contributed by atoms with Crippen LogP contribution in [0.15, 0.2) is 54.6 Å². The fourth-order valence-corrected chi connectivity index (χ4v) is 4.18. The average molecular weight is 444 g/mol. The van der Waals surface area contributed by atoms with Gasteiger partial charge in [-0.15, -0.1) is 0 Å². The Bertz CT molecular complexity index is 921. The van der Waals surface area contributed by atoms with Crippen molar-refractivity contribution in [1.29, 1.82) is 0 Å². The van der Waals surface area contributed by atoms with E-state index in [4.69, 9.17) is 22.0 Å². The molecular weight excluding hydrogens is 418 g/mol. The Labute approximate surface area is 186 Å². The Balaban J connectivity index is 1.64. The number of carbonyl (C=O) groups excluding carboxylic acids is 2. The van der Waals surface area contributed by atoms with Crippen molar-refractivity contribution in [3.63, 3.8) is 0 Å². The summed E-state index contributed by atoms with van der Waals surface area (Å²) in [7, 11) is 0. The van der Waals surface area contributed by atoms with Gasteiger partial charge in [-0.05, 0) is 60.8 Å². The van der Waals surface area contributed by atoms with Crippen LogP contribution in [0.5, 0.6) is 0 Å². The van der Waals surface area contributed by atoms with Gasteiger partial charge in [0.25, 0.3) is 5.91 Å². The molecule has 3 rings (SSSR count). The number of carbonyl (C=O) groups is 2. The summed E-state index contributed by atoms with van der Waals surface area (Å²) in [6.45, 7) is 2.42. The summed E-state index contributed by atoms with van der Waals surface area (Å²) in [5.74, 6) is -0.960. The second-order valence-electron chi connectivity index (χ2n) is 7.83. The van der Waals surface area contributed by atoms with Crippen LogP contribution in [0.2, 0.25) is 5.02 Å². The van der Waals surface area contributed by atoms with E-state index < -0.39 is 5.91 Å². The second kappa shape index (κ2) is 10.5. The number of rotatable bonds is 7. The van der Waals surface area contributed by atoms with E-state index in [0.29, 0.717) is 5.02 Å². The molecule has 1 aliphatic rings. The molecule has 0 aliphatic carbocycles. The van der Waals surface area contributed by atoms with Crippen molar-refractivity contribution in [2.45, 2.75) is 31.2 Å². The Kier molecular flexibility index (Phi) is 7.81. The summed E-state index contributed by atoms with van der Waals surface area (Å²) in [5.41, 5.74) is 6.07. The number of amides is 2. The van der Waals surface area contributed by atoms with E-state index in [1.54, 1.807) is 17.0 Å². The lowest BCUT2D eigenvalue weighted by molar-refractivity contribution is -0.131. The fourth-order valence-electron chi connectivity index (χ4n) is 4.06. The van der Waals surface area contributed by atoms with Gasteiger partial charge in [0.1, 0.15) is 0 Å². The highest BCUT2D eigenvalue weighted by Gasteiger charge is 2.38. The normalized spacial score (nSPS) is 16.2. The highest BCUT2D eigenvalue weighted by atomic mass is 35.5. The Morgan fingerprint density at radius 3 is 2.23 bits per heavy atom. The van der Waals surface area contributed by atoms with Crippen molar-refractivity contribution in [3.05, 3.63) is 76.3 Å². The predicted octanol–water partition coefficient (Wildman–Crippen LogP) is 3.29. The van der Waals surface area contributed by atoms with Crippen LogP contribution in [0.4, 0.5) is 0 Å². The van der Waals surface area contributed by atoms with Gasteiger partial charge in [-0.2, -0.15) is 0 Å². The summed E-state index contributed by atoms with van der Waals surface area (Å²) in [6.07, 6.45) is 4.70. The molecule has 2 aromatic carbocycles. The minimum atomic E-state index is -0.573. The maximum absolute atomic E-state index is 12.0. The summed E-state index contributed by atoms with van der Waals surface area (Å²) < 4.78 is 0. The fraction of sp³-hybridized carbons (Fsp3) is 0.304. The van der Waals surface area contributed by atoms with Gasteiger partial charge in [0.05, 0.1) is 0 Å². The van der Waals surface area contributed by atoms with Gasteiger partial charge in [-0.3, -0.25) is 24.9 Å². The topological polar surface area (TPSA) is 102 Å². The molecule has 8 heteroatoms. The van der Waals surface area contributed by atoms with Crippen LogP contribution in [-0.2, 0) is 21.5 Å². The second-order valence-corrected chi connectivity index (χ2v) is 8.26. The third-order valence-electron chi connectivity index (χ3n) is 5.82. The number of nitrogens with zero attached hydrogens (tertiary/aromatic N) is 1. The van der Waals surface area contributed by atoms with Crippen molar-refractivity contribution in [2.75, 3.05) is 13.1 Å². The van der Waals surface area contributed by atoms with Gasteiger partial charge >= 0.3 is 0 Å². The highest BCUT2D eigenvalue weighted by molar-refractivity contribution is 6.30. The predicted molar refractivity (Wildman–Crippen MR) is 118 cm³/mol. The van der Waals surface area contributed by atoms with E-state index in [1.165, 1.54) is 6.08 Å². The van der Waals surface area contributed by atoms with Crippen molar-refractivity contribution >= 4 is 29.5 Å². The van der Waals surface area contributed by atoms with E-state index in [9.17, 15) is 9.59 Å². The number of hydrogen-bond acceptors (Lipinski definition) is 5. The van der Waals surface area contributed by atoms with E-state index >= 15 is 0 Å². The van der Waals surface area contributed by atoms with Crippen LogP contribution in [0.3, 0.4) is 0 Å². The number of halogens is 1. The summed E-state index contributed by atoms with van der Waals surface area (Å²) in [5, 5.41) is 18.2. The monoisotopic (exact) mass is 443 g/mol. The first-order chi connectivity index (χ1) is 14.9. The van der Waals surface area contributed by atoms with Crippen LogP contribution in [0.25, 0.3) is 6.08 Å². The lowest BCUT2D eigenvalue weighted by Crippen LogP contribution is -2.44. The van der Waals surface area contributed by atoms with Gasteiger partial charge in [-0.25, -0.2) is 11.0 Å². The Morgan fingerprint density at radius 1 is 1.00 bits per heavy atom. The highest BCUT2D eigenvalue weighted by Crippen LogP contribution is 2.39. The lowest BCUT2D eigenvalue weighted by Gasteiger charge is -2.42. The van der Waals surface area contributed by atoms with Crippen LogP contribution in [0.1, 0.15) is 36.0 Å². The molecule has 0 saturated carbocycles. The van der Waals surface area contributed by atoms with E-state index in [0.717, 1.165) is 49.2 Å². The Hall–Kier alpha value is -2.71. The minimum absolute atomic E-state index is 0.224. The molecule has 0 radical (unpaired) electrons. The minimum Gasteiger partial charge on any atom is -0.299 e. The molecule has 0 bridgehead atoms. The SMILES string of the molecule is O=C(C=Cc1ccc(CN2CCC(CC(=O)NO)(c3ccc(Cl)cc3)CC2)cc1)NO. The molecule has 0 atom stereocenters. The zero-order chi connectivity index (χ0) is 22.3. The van der Waals surface area contributed by atoms with Crippen LogP contribution in [-0.4, -0.2) is 40.2 Å². The number of piperidine rings is 1. The average Bonchev–Trinajstić information content (AvgIpc) is 2.80. The third kappa shape index (κ3) is 6.15. The number of nitrogens with one attached hydrogen (secondary N) is 2. The number of benzene rings is 2. The molecule has 1 fully saturated rings. The van der Waals surface area contributed by atoms with Crippen molar-refractivity contribution < 1.29 is 20.0 Å². The zero-order valence-corrected chi connectivity index (χ0v) is 17.8. The molecule has 1 saturated heterocycles. The van der Waals surface area contributed by atoms with Crippen molar-refractivity contribution in [3.8, 4) is 0 Å².